The molecule has 1 aliphatic carbocycles. The van der Waals surface area contributed by atoms with Crippen LogP contribution in [-0.4, -0.2) is 30.5 Å². The molecule has 3 rings (SSSR count). The maximum atomic E-state index is 12.5. The van der Waals surface area contributed by atoms with Crippen molar-refractivity contribution < 1.29 is 14.3 Å². The van der Waals surface area contributed by atoms with Crippen molar-refractivity contribution in [3.05, 3.63) is 24.3 Å². The topological polar surface area (TPSA) is 58.6 Å². The first-order chi connectivity index (χ1) is 10.6. The molecule has 0 spiro atoms. The molecule has 1 saturated heterocycles. The molecule has 1 aromatic rings. The van der Waals surface area contributed by atoms with E-state index >= 15 is 0 Å². The molecular formula is C17H22N2O3. The summed E-state index contributed by atoms with van der Waals surface area (Å²) in [7, 11) is 1.62. The molecule has 1 saturated carbocycles. The molecule has 5 nitrogen and oxygen atoms in total. The number of anilines is 1. The number of fused-ring (bicyclic) bond motifs is 1. The van der Waals surface area contributed by atoms with E-state index in [9.17, 15) is 9.59 Å². The van der Waals surface area contributed by atoms with E-state index in [-0.39, 0.29) is 30.3 Å². The van der Waals surface area contributed by atoms with Crippen LogP contribution in [0.5, 0.6) is 5.75 Å². The van der Waals surface area contributed by atoms with Crippen molar-refractivity contribution in [3.63, 3.8) is 0 Å². The Kier molecular flexibility index (Phi) is 4.05. The Morgan fingerprint density at radius 1 is 1.14 bits per heavy atom. The fourth-order valence-electron chi connectivity index (χ4n) is 3.49. The average Bonchev–Trinajstić information content (AvgIpc) is 2.77. The minimum absolute atomic E-state index is 0.0112. The number of nitrogens with one attached hydrogen (secondary N) is 1. The van der Waals surface area contributed by atoms with E-state index in [0.717, 1.165) is 30.7 Å². The maximum absolute atomic E-state index is 12.5. The number of hydrogen-bond acceptors (Lipinski definition) is 4. The highest BCUT2D eigenvalue weighted by Crippen LogP contribution is 2.40. The smallest absolute Gasteiger partial charge is 0.234 e. The van der Waals surface area contributed by atoms with E-state index < -0.39 is 0 Å². The Hall–Kier alpha value is -2.04. The van der Waals surface area contributed by atoms with Gasteiger partial charge >= 0.3 is 0 Å². The van der Waals surface area contributed by atoms with E-state index in [4.69, 9.17) is 4.74 Å². The summed E-state index contributed by atoms with van der Waals surface area (Å²) in [6.45, 7) is 2.40. The lowest BCUT2D eigenvalue weighted by atomic mass is 9.76. The molecule has 1 aliphatic heterocycles. The number of benzene rings is 1. The maximum Gasteiger partial charge on any atom is 0.234 e. The van der Waals surface area contributed by atoms with Gasteiger partial charge in [0, 0.05) is 5.69 Å². The van der Waals surface area contributed by atoms with Crippen molar-refractivity contribution in [1.82, 2.24) is 4.90 Å². The zero-order valence-electron chi connectivity index (χ0n) is 13.0. The molecule has 22 heavy (non-hydrogen) atoms. The fraction of sp³-hybridized carbons (Fsp3) is 0.529. The summed E-state index contributed by atoms with van der Waals surface area (Å²) in [6.07, 6.45) is 2.73. The Labute approximate surface area is 130 Å². The predicted octanol–water partition coefficient (Wildman–Crippen LogP) is 2.49. The molecule has 0 unspecified atom stereocenters. The van der Waals surface area contributed by atoms with Crippen LogP contribution >= 0.6 is 0 Å². The summed E-state index contributed by atoms with van der Waals surface area (Å²) < 4.78 is 5.11. The number of hydrogen-bond donors (Lipinski definition) is 1. The molecule has 2 fully saturated rings. The number of carbonyl (C=O) groups excluding carboxylic acids is 2. The van der Waals surface area contributed by atoms with Gasteiger partial charge in [0.25, 0.3) is 0 Å². The number of nitrogens with zero attached hydrogens (tertiary/aromatic N) is 1. The van der Waals surface area contributed by atoms with Gasteiger partial charge in [-0.05, 0) is 49.4 Å². The third-order valence-electron chi connectivity index (χ3n) is 4.81. The first kappa shape index (κ1) is 14.9. The van der Waals surface area contributed by atoms with Gasteiger partial charge in [0.05, 0.1) is 25.6 Å². The minimum atomic E-state index is -0.103. The lowest BCUT2D eigenvalue weighted by Crippen LogP contribution is -2.35. The van der Waals surface area contributed by atoms with Crippen molar-refractivity contribution in [3.8, 4) is 5.75 Å². The molecule has 2 aliphatic rings. The largest absolute Gasteiger partial charge is 0.497 e. The zero-order chi connectivity index (χ0) is 15.7. The van der Waals surface area contributed by atoms with Crippen LogP contribution in [-0.2, 0) is 9.59 Å². The van der Waals surface area contributed by atoms with Crippen LogP contribution in [0.25, 0.3) is 0 Å². The first-order valence-corrected chi connectivity index (χ1v) is 7.83. The Balaban J connectivity index is 1.64. The second-order valence-electron chi connectivity index (χ2n) is 6.30. The number of imide groups is 1. The quantitative estimate of drug-likeness (QED) is 0.868. The van der Waals surface area contributed by atoms with Crippen LogP contribution in [0.4, 0.5) is 5.69 Å². The summed E-state index contributed by atoms with van der Waals surface area (Å²) in [5.74, 6) is 1.09. The predicted molar refractivity (Wildman–Crippen MR) is 83.3 cm³/mol. The highest BCUT2D eigenvalue weighted by molar-refractivity contribution is 6.05. The van der Waals surface area contributed by atoms with Crippen LogP contribution in [0.3, 0.4) is 0 Å². The van der Waals surface area contributed by atoms with Crippen LogP contribution in [0.1, 0.15) is 26.2 Å². The Morgan fingerprint density at radius 3 is 2.50 bits per heavy atom. The number of likely N-dealkylation sites (tertiary alicyclic amines) is 1. The molecule has 1 aromatic carbocycles. The normalized spacial score (nSPS) is 27.7. The van der Waals surface area contributed by atoms with Crippen LogP contribution in [0.2, 0.25) is 0 Å². The molecule has 1 heterocycles. The molecule has 2 amide bonds. The summed E-state index contributed by atoms with van der Waals surface area (Å²) in [5.41, 5.74) is 0.865. The van der Waals surface area contributed by atoms with Crippen molar-refractivity contribution in [2.45, 2.75) is 26.2 Å². The monoisotopic (exact) mass is 302 g/mol. The third-order valence-corrected chi connectivity index (χ3v) is 4.81. The Morgan fingerprint density at radius 2 is 1.82 bits per heavy atom. The van der Waals surface area contributed by atoms with Crippen molar-refractivity contribution in [1.29, 1.82) is 0 Å². The van der Waals surface area contributed by atoms with Crippen LogP contribution in [0.15, 0.2) is 24.3 Å². The number of amides is 2. The molecule has 0 radical (unpaired) electrons. The van der Waals surface area contributed by atoms with Crippen molar-refractivity contribution in [2.75, 3.05) is 19.1 Å². The lowest BCUT2D eigenvalue weighted by molar-refractivity contribution is -0.139. The number of rotatable bonds is 4. The van der Waals surface area contributed by atoms with E-state index in [1.165, 1.54) is 4.90 Å². The first-order valence-electron chi connectivity index (χ1n) is 7.83. The van der Waals surface area contributed by atoms with E-state index in [0.29, 0.717) is 5.92 Å². The lowest BCUT2D eigenvalue weighted by Gasteiger charge is -2.25. The molecule has 0 aromatic heterocycles. The summed E-state index contributed by atoms with van der Waals surface area (Å²) in [6, 6.07) is 7.44. The second-order valence-corrected chi connectivity index (χ2v) is 6.30. The van der Waals surface area contributed by atoms with Gasteiger partial charge in [-0.3, -0.25) is 14.5 Å². The standard InChI is InChI=1S/C17H22N2O3/c1-11-3-8-14-15(9-11)17(21)19(16(14)20)10-18-12-4-6-13(22-2)7-5-12/h4-7,11,14-15,18H,3,8-10H2,1-2H3/t11-,14-,15+/m1/s1. The molecular weight excluding hydrogens is 280 g/mol. The van der Waals surface area contributed by atoms with E-state index in [1.807, 2.05) is 24.3 Å². The second kappa shape index (κ2) is 5.99. The van der Waals surface area contributed by atoms with E-state index in [2.05, 4.69) is 12.2 Å². The van der Waals surface area contributed by atoms with Crippen LogP contribution < -0.4 is 10.1 Å². The SMILES string of the molecule is COc1ccc(NCN2C(=O)[C@H]3C[C@H](C)CC[C@H]3C2=O)cc1. The van der Waals surface area contributed by atoms with Gasteiger partial charge < -0.3 is 10.1 Å². The number of methoxy groups -OCH3 is 1. The third kappa shape index (κ3) is 2.67. The van der Waals surface area contributed by atoms with Gasteiger partial charge in [-0.1, -0.05) is 6.92 Å². The highest BCUT2D eigenvalue weighted by atomic mass is 16.5. The van der Waals surface area contributed by atoms with Gasteiger partial charge in [-0.15, -0.1) is 0 Å². The number of ether oxygens (including phenoxy) is 1. The van der Waals surface area contributed by atoms with Crippen LogP contribution in [0, 0.1) is 17.8 Å². The summed E-state index contributed by atoms with van der Waals surface area (Å²) in [5, 5.41) is 3.15. The van der Waals surface area contributed by atoms with Gasteiger partial charge in [0.15, 0.2) is 0 Å². The molecule has 118 valence electrons. The van der Waals surface area contributed by atoms with Gasteiger partial charge in [-0.2, -0.15) is 0 Å². The summed E-state index contributed by atoms with van der Waals surface area (Å²) >= 11 is 0. The molecule has 3 atom stereocenters. The van der Waals surface area contributed by atoms with E-state index in [1.54, 1.807) is 7.11 Å². The van der Waals surface area contributed by atoms with Gasteiger partial charge in [0.1, 0.15) is 5.75 Å². The fourth-order valence-corrected chi connectivity index (χ4v) is 3.49. The Bertz CT molecular complexity index is 570. The minimum Gasteiger partial charge on any atom is -0.497 e. The van der Waals surface area contributed by atoms with Gasteiger partial charge in [-0.25, -0.2) is 0 Å². The molecule has 0 bridgehead atoms. The van der Waals surface area contributed by atoms with Crippen molar-refractivity contribution >= 4 is 17.5 Å². The molecule has 1 N–H and O–H groups in total. The van der Waals surface area contributed by atoms with Crippen molar-refractivity contribution in [2.24, 2.45) is 17.8 Å². The highest BCUT2D eigenvalue weighted by Gasteiger charge is 2.49. The average molecular weight is 302 g/mol. The summed E-state index contributed by atoms with van der Waals surface area (Å²) in [4.78, 5) is 26.3. The van der Waals surface area contributed by atoms with Gasteiger partial charge in [0.2, 0.25) is 11.8 Å². The number of carbonyl (C=O) groups is 2. The zero-order valence-corrected chi connectivity index (χ0v) is 13.0. The molecule has 5 heteroatoms.